The molecule has 0 aliphatic rings. The first kappa shape index (κ1) is 31.3. The number of aliphatic carboxylic acids is 1. The fourth-order valence-electron chi connectivity index (χ4n) is 4.54. The molecule has 0 saturated carbocycles. The second-order valence-electron chi connectivity index (χ2n) is 9.97. The predicted octanol–water partition coefficient (Wildman–Crippen LogP) is 6.67. The van der Waals surface area contributed by atoms with Gasteiger partial charge in [0, 0.05) is 36.5 Å². The Bertz CT molecular complexity index is 1710. The lowest BCUT2D eigenvalue weighted by Gasteiger charge is -2.28. The highest BCUT2D eigenvalue weighted by molar-refractivity contribution is 7.92. The Morgan fingerprint density at radius 1 is 0.930 bits per heavy atom. The van der Waals surface area contributed by atoms with Crippen molar-refractivity contribution >= 4 is 27.4 Å². The third-order valence-corrected chi connectivity index (χ3v) is 7.21. The second kappa shape index (κ2) is 13.6. The Kier molecular flexibility index (Phi) is 9.87. The van der Waals surface area contributed by atoms with Gasteiger partial charge in [-0.3, -0.25) is 4.72 Å². The Morgan fingerprint density at radius 2 is 1.63 bits per heavy atom. The molecule has 11 heteroatoms. The molecule has 0 aliphatic heterocycles. The first-order valence-corrected chi connectivity index (χ1v) is 15.3. The highest BCUT2D eigenvalue weighted by Crippen LogP contribution is 2.32. The van der Waals surface area contributed by atoms with E-state index in [0.717, 1.165) is 23.4 Å². The Balaban J connectivity index is 1.59. The summed E-state index contributed by atoms with van der Waals surface area (Å²) in [5.41, 5.74) is 3.69. The SMILES string of the molecule is CCc1ccc(Oc2ccc(CN(Cc3ccc(F)cc3F)c3cccc(NS(C)(=O)=O)c3C)cc2)cc1OCC(=O)O. The average molecular weight is 611 g/mol. The molecule has 0 heterocycles. The van der Waals surface area contributed by atoms with Crippen LogP contribution in [0.15, 0.2) is 78.9 Å². The number of carboxylic acids is 1. The lowest BCUT2D eigenvalue weighted by molar-refractivity contribution is -0.139. The zero-order chi connectivity index (χ0) is 31.1. The fraction of sp³-hybridized carbons (Fsp3) is 0.219. The van der Waals surface area contributed by atoms with Crippen LogP contribution in [0.2, 0.25) is 0 Å². The predicted molar refractivity (Wildman–Crippen MR) is 161 cm³/mol. The summed E-state index contributed by atoms with van der Waals surface area (Å²) in [6, 6.07) is 21.1. The smallest absolute Gasteiger partial charge is 0.341 e. The highest BCUT2D eigenvalue weighted by atomic mass is 32.2. The molecule has 0 spiro atoms. The van der Waals surface area contributed by atoms with Crippen LogP contribution in [0.25, 0.3) is 0 Å². The van der Waals surface area contributed by atoms with Crippen molar-refractivity contribution < 1.29 is 36.6 Å². The minimum absolute atomic E-state index is 0.0937. The first-order valence-electron chi connectivity index (χ1n) is 13.4. The summed E-state index contributed by atoms with van der Waals surface area (Å²) in [7, 11) is -3.53. The van der Waals surface area contributed by atoms with E-state index in [1.165, 1.54) is 12.1 Å². The van der Waals surface area contributed by atoms with Gasteiger partial charge in [-0.2, -0.15) is 0 Å². The van der Waals surface area contributed by atoms with Crippen molar-refractivity contribution in [2.75, 3.05) is 22.5 Å². The maximum atomic E-state index is 14.7. The molecular formula is C32H32F2N2O6S. The number of carboxylic acid groups (broad SMARTS) is 1. The van der Waals surface area contributed by atoms with Crippen LogP contribution >= 0.6 is 0 Å². The minimum atomic E-state index is -3.53. The van der Waals surface area contributed by atoms with Gasteiger partial charge >= 0.3 is 5.97 Å². The Labute approximate surface area is 249 Å². The van der Waals surface area contributed by atoms with Gasteiger partial charge < -0.3 is 19.5 Å². The summed E-state index contributed by atoms with van der Waals surface area (Å²) in [6.07, 6.45) is 1.73. The zero-order valence-corrected chi connectivity index (χ0v) is 24.8. The van der Waals surface area contributed by atoms with E-state index >= 15 is 0 Å². The van der Waals surface area contributed by atoms with Gasteiger partial charge in [0.2, 0.25) is 10.0 Å². The summed E-state index contributed by atoms with van der Waals surface area (Å²) in [4.78, 5) is 12.8. The molecule has 0 aliphatic carbocycles. The quantitative estimate of drug-likeness (QED) is 0.174. The van der Waals surface area contributed by atoms with Gasteiger partial charge in [0.25, 0.3) is 0 Å². The van der Waals surface area contributed by atoms with Gasteiger partial charge in [-0.15, -0.1) is 0 Å². The van der Waals surface area contributed by atoms with E-state index < -0.39 is 34.2 Å². The molecule has 2 N–H and O–H groups in total. The second-order valence-corrected chi connectivity index (χ2v) is 11.7. The normalized spacial score (nSPS) is 11.2. The van der Waals surface area contributed by atoms with Crippen LogP contribution in [0.5, 0.6) is 17.2 Å². The number of nitrogens with one attached hydrogen (secondary N) is 1. The maximum Gasteiger partial charge on any atom is 0.341 e. The van der Waals surface area contributed by atoms with Crippen molar-refractivity contribution in [1.29, 1.82) is 0 Å². The highest BCUT2D eigenvalue weighted by Gasteiger charge is 2.17. The van der Waals surface area contributed by atoms with Crippen molar-refractivity contribution in [2.45, 2.75) is 33.4 Å². The van der Waals surface area contributed by atoms with Crippen molar-refractivity contribution in [3.63, 3.8) is 0 Å². The van der Waals surface area contributed by atoms with Crippen molar-refractivity contribution in [2.24, 2.45) is 0 Å². The summed E-state index contributed by atoms with van der Waals surface area (Å²) < 4.78 is 66.0. The van der Waals surface area contributed by atoms with Crippen LogP contribution in [0.3, 0.4) is 0 Å². The lowest BCUT2D eigenvalue weighted by Crippen LogP contribution is -2.24. The molecule has 0 bridgehead atoms. The third kappa shape index (κ3) is 8.68. The largest absolute Gasteiger partial charge is 0.481 e. The van der Waals surface area contributed by atoms with Crippen LogP contribution in [-0.2, 0) is 34.3 Å². The molecule has 8 nitrogen and oxygen atoms in total. The van der Waals surface area contributed by atoms with E-state index in [9.17, 15) is 22.0 Å². The monoisotopic (exact) mass is 610 g/mol. The number of ether oxygens (including phenoxy) is 2. The van der Waals surface area contributed by atoms with Gasteiger partial charge in [0.05, 0.1) is 11.9 Å². The molecule has 0 saturated heterocycles. The van der Waals surface area contributed by atoms with Crippen molar-refractivity contribution in [3.8, 4) is 17.2 Å². The van der Waals surface area contributed by atoms with Crippen molar-refractivity contribution in [3.05, 3.63) is 113 Å². The summed E-state index contributed by atoms with van der Waals surface area (Å²) >= 11 is 0. The lowest BCUT2D eigenvalue weighted by atomic mass is 10.1. The zero-order valence-electron chi connectivity index (χ0n) is 23.9. The number of aryl methyl sites for hydroxylation is 1. The number of anilines is 2. The van der Waals surface area contributed by atoms with Crippen LogP contribution in [-0.4, -0.2) is 32.4 Å². The first-order chi connectivity index (χ1) is 20.4. The van der Waals surface area contributed by atoms with E-state index in [1.54, 1.807) is 43.3 Å². The molecule has 0 atom stereocenters. The van der Waals surface area contributed by atoms with E-state index in [2.05, 4.69) is 4.72 Å². The van der Waals surface area contributed by atoms with E-state index in [-0.39, 0.29) is 12.1 Å². The molecule has 4 aromatic rings. The van der Waals surface area contributed by atoms with Gasteiger partial charge in [-0.05, 0) is 66.4 Å². The van der Waals surface area contributed by atoms with Crippen LogP contribution in [0.4, 0.5) is 20.2 Å². The number of rotatable bonds is 13. The number of benzene rings is 4. The molecule has 226 valence electrons. The van der Waals surface area contributed by atoms with Gasteiger partial charge in [-0.25, -0.2) is 22.0 Å². The standard InChI is InChI=1S/C32H32F2N2O6S/c1-4-23-11-15-27(17-31(23)41-20-32(37)38)42-26-13-8-22(9-14-26)18-36(19-24-10-12-25(33)16-28(24)34)30-7-5-6-29(21(30)2)35-43(3,39)40/h5-17,35H,4,18-20H2,1-3H3,(H,37,38). The Hall–Kier alpha value is -4.64. The van der Waals surface area contributed by atoms with E-state index in [4.69, 9.17) is 14.6 Å². The van der Waals surface area contributed by atoms with Gasteiger partial charge in [-0.1, -0.05) is 37.3 Å². The fourth-order valence-corrected chi connectivity index (χ4v) is 5.16. The molecule has 0 unspecified atom stereocenters. The van der Waals surface area contributed by atoms with Crippen LogP contribution in [0.1, 0.15) is 29.2 Å². The van der Waals surface area contributed by atoms with Gasteiger partial charge in [0.15, 0.2) is 6.61 Å². The minimum Gasteiger partial charge on any atom is -0.481 e. The molecule has 0 aromatic heterocycles. The Morgan fingerprint density at radius 3 is 2.28 bits per heavy atom. The number of hydrogen-bond donors (Lipinski definition) is 2. The third-order valence-electron chi connectivity index (χ3n) is 6.62. The molecule has 0 fully saturated rings. The summed E-state index contributed by atoms with van der Waals surface area (Å²) in [6.45, 7) is 3.66. The number of hydrogen-bond acceptors (Lipinski definition) is 6. The molecule has 43 heavy (non-hydrogen) atoms. The summed E-state index contributed by atoms with van der Waals surface area (Å²) in [5.74, 6) is -0.991. The number of halogens is 2. The summed E-state index contributed by atoms with van der Waals surface area (Å²) in [5, 5.41) is 8.96. The van der Waals surface area contributed by atoms with Crippen LogP contribution < -0.4 is 19.1 Å². The maximum absolute atomic E-state index is 14.7. The molecule has 0 amide bonds. The molecule has 4 rings (SSSR count). The molecule has 0 radical (unpaired) electrons. The van der Waals surface area contributed by atoms with Gasteiger partial charge in [0.1, 0.15) is 28.9 Å². The molecule has 4 aromatic carbocycles. The van der Waals surface area contributed by atoms with E-state index in [0.29, 0.717) is 47.2 Å². The topological polar surface area (TPSA) is 105 Å². The van der Waals surface area contributed by atoms with E-state index in [1.807, 2.05) is 36.1 Å². The molecular weight excluding hydrogens is 578 g/mol. The number of carbonyl (C=O) groups is 1. The number of sulfonamides is 1. The average Bonchev–Trinajstić information content (AvgIpc) is 2.94. The number of nitrogens with zero attached hydrogens (tertiary/aromatic N) is 1. The van der Waals surface area contributed by atoms with Crippen molar-refractivity contribution in [1.82, 2.24) is 0 Å². The van der Waals surface area contributed by atoms with Crippen LogP contribution in [0, 0.1) is 18.6 Å².